The van der Waals surface area contributed by atoms with Crippen molar-refractivity contribution in [3.63, 3.8) is 0 Å². The van der Waals surface area contributed by atoms with Crippen LogP contribution in [0.5, 0.6) is 0 Å². The molecule has 4 nitrogen and oxygen atoms in total. The first-order valence-corrected chi connectivity index (χ1v) is 6.29. The Kier molecular flexibility index (Phi) is 3.58. The molecule has 2 aromatic rings. The lowest BCUT2D eigenvalue weighted by Gasteiger charge is -1.99. The zero-order chi connectivity index (χ0) is 12.3. The topological polar surface area (TPSA) is 55.1 Å². The minimum absolute atomic E-state index is 0.0339. The minimum Gasteiger partial charge on any atom is -0.466 e. The maximum Gasteiger partial charge on any atom is 0.226 e. The van der Waals surface area contributed by atoms with Crippen molar-refractivity contribution in [3.05, 3.63) is 34.7 Å². The summed E-state index contributed by atoms with van der Waals surface area (Å²) in [5, 5.41) is 5.33. The summed E-state index contributed by atoms with van der Waals surface area (Å²) in [5.74, 6) is 1.68. The molecule has 0 saturated heterocycles. The highest BCUT2D eigenvalue weighted by Crippen LogP contribution is 2.15. The molecule has 17 heavy (non-hydrogen) atoms. The van der Waals surface area contributed by atoms with Gasteiger partial charge in [0.15, 0.2) is 5.13 Å². The average molecular weight is 250 g/mol. The maximum absolute atomic E-state index is 11.6. The fourth-order valence-electron chi connectivity index (χ4n) is 1.45. The second kappa shape index (κ2) is 5.14. The number of carbonyl (C=O) groups is 1. The predicted octanol–water partition coefficient (Wildman–Crippen LogP) is 2.92. The molecule has 0 bridgehead atoms. The van der Waals surface area contributed by atoms with E-state index in [4.69, 9.17) is 4.42 Å². The van der Waals surface area contributed by atoms with Gasteiger partial charge >= 0.3 is 0 Å². The Labute approximate surface area is 104 Å². The van der Waals surface area contributed by atoms with E-state index in [9.17, 15) is 4.79 Å². The zero-order valence-corrected chi connectivity index (χ0v) is 10.6. The molecule has 1 N–H and O–H groups in total. The smallest absolute Gasteiger partial charge is 0.226 e. The van der Waals surface area contributed by atoms with Crippen molar-refractivity contribution in [3.8, 4) is 0 Å². The van der Waals surface area contributed by atoms with Gasteiger partial charge in [-0.05, 0) is 26.0 Å². The summed E-state index contributed by atoms with van der Waals surface area (Å²) in [5.41, 5.74) is 0.923. The Morgan fingerprint density at radius 1 is 1.47 bits per heavy atom. The van der Waals surface area contributed by atoms with Crippen molar-refractivity contribution in [1.29, 1.82) is 0 Å². The number of amides is 1. The number of nitrogens with zero attached hydrogens (tertiary/aromatic N) is 1. The molecule has 0 fully saturated rings. The maximum atomic E-state index is 11.6. The number of carbonyl (C=O) groups excluding carboxylic acids is 1. The number of aromatic nitrogens is 1. The van der Waals surface area contributed by atoms with E-state index in [2.05, 4.69) is 10.3 Å². The Balaban J connectivity index is 1.82. The summed E-state index contributed by atoms with van der Waals surface area (Å²) in [6.07, 6.45) is 1.02. The summed E-state index contributed by atoms with van der Waals surface area (Å²) in [4.78, 5) is 15.8. The molecule has 0 atom stereocenters. The first-order valence-electron chi connectivity index (χ1n) is 5.41. The van der Waals surface area contributed by atoms with Gasteiger partial charge in [-0.3, -0.25) is 4.79 Å². The summed E-state index contributed by atoms with van der Waals surface area (Å²) >= 11 is 1.44. The Hall–Kier alpha value is -1.62. The van der Waals surface area contributed by atoms with Crippen LogP contribution < -0.4 is 5.32 Å². The third-order valence-corrected chi connectivity index (χ3v) is 3.14. The van der Waals surface area contributed by atoms with Crippen molar-refractivity contribution in [2.45, 2.75) is 26.7 Å². The monoisotopic (exact) mass is 250 g/mol. The summed E-state index contributed by atoms with van der Waals surface area (Å²) in [7, 11) is 0. The number of hydrogen-bond acceptors (Lipinski definition) is 4. The third-order valence-electron chi connectivity index (χ3n) is 2.26. The van der Waals surface area contributed by atoms with E-state index in [-0.39, 0.29) is 5.91 Å². The molecule has 5 heteroatoms. The molecule has 2 heterocycles. The number of anilines is 1. The van der Waals surface area contributed by atoms with Gasteiger partial charge in [-0.2, -0.15) is 0 Å². The predicted molar refractivity (Wildman–Crippen MR) is 67.2 cm³/mol. The van der Waals surface area contributed by atoms with Crippen molar-refractivity contribution >= 4 is 22.4 Å². The van der Waals surface area contributed by atoms with E-state index >= 15 is 0 Å². The van der Waals surface area contributed by atoms with Gasteiger partial charge in [-0.15, -0.1) is 11.3 Å². The number of furan rings is 1. The van der Waals surface area contributed by atoms with Crippen molar-refractivity contribution in [2.75, 3.05) is 5.32 Å². The van der Waals surface area contributed by atoms with E-state index in [1.807, 2.05) is 31.4 Å². The van der Waals surface area contributed by atoms with Crippen LogP contribution in [0.25, 0.3) is 0 Å². The molecule has 0 aliphatic carbocycles. The molecule has 0 unspecified atom stereocenters. The molecule has 0 spiro atoms. The number of rotatable bonds is 4. The Bertz CT molecular complexity index is 516. The molecular formula is C12H14N2O2S. The first kappa shape index (κ1) is 11.9. The number of thiazole rings is 1. The van der Waals surface area contributed by atoms with E-state index in [0.29, 0.717) is 18.0 Å². The summed E-state index contributed by atoms with van der Waals surface area (Å²) in [6.45, 7) is 3.79. The lowest BCUT2D eigenvalue weighted by Crippen LogP contribution is -2.11. The lowest BCUT2D eigenvalue weighted by molar-refractivity contribution is -0.116. The molecule has 2 aromatic heterocycles. The third kappa shape index (κ3) is 3.42. The molecule has 2 rings (SSSR count). The van der Waals surface area contributed by atoms with E-state index < -0.39 is 0 Å². The lowest BCUT2D eigenvalue weighted by atomic mass is 10.2. The minimum atomic E-state index is -0.0339. The van der Waals surface area contributed by atoms with E-state index in [1.165, 1.54) is 11.3 Å². The van der Waals surface area contributed by atoms with Crippen LogP contribution >= 0.6 is 11.3 Å². The second-order valence-corrected chi connectivity index (χ2v) is 4.71. The molecule has 0 aromatic carbocycles. The van der Waals surface area contributed by atoms with Gasteiger partial charge in [0, 0.05) is 18.2 Å². The van der Waals surface area contributed by atoms with Crippen LogP contribution in [-0.2, 0) is 11.2 Å². The second-order valence-electron chi connectivity index (χ2n) is 3.85. The molecule has 1 amide bonds. The zero-order valence-electron chi connectivity index (χ0n) is 9.82. The van der Waals surface area contributed by atoms with Crippen LogP contribution in [0.4, 0.5) is 5.13 Å². The van der Waals surface area contributed by atoms with E-state index in [0.717, 1.165) is 17.2 Å². The van der Waals surface area contributed by atoms with Crippen LogP contribution in [0.2, 0.25) is 0 Å². The number of hydrogen-bond donors (Lipinski definition) is 1. The highest BCUT2D eigenvalue weighted by atomic mass is 32.1. The largest absolute Gasteiger partial charge is 0.466 e. The van der Waals surface area contributed by atoms with Gasteiger partial charge in [0.05, 0.1) is 5.69 Å². The highest BCUT2D eigenvalue weighted by Gasteiger charge is 2.07. The van der Waals surface area contributed by atoms with Crippen LogP contribution in [0.1, 0.15) is 23.6 Å². The first-order chi connectivity index (χ1) is 8.13. The Morgan fingerprint density at radius 2 is 2.29 bits per heavy atom. The van der Waals surface area contributed by atoms with Gasteiger partial charge in [0.1, 0.15) is 11.5 Å². The highest BCUT2D eigenvalue weighted by molar-refractivity contribution is 7.13. The average Bonchev–Trinajstić information content (AvgIpc) is 2.85. The van der Waals surface area contributed by atoms with E-state index in [1.54, 1.807) is 0 Å². The fourth-order valence-corrected chi connectivity index (χ4v) is 2.15. The summed E-state index contributed by atoms with van der Waals surface area (Å²) in [6, 6.07) is 3.80. The van der Waals surface area contributed by atoms with Crippen molar-refractivity contribution in [1.82, 2.24) is 4.98 Å². The van der Waals surface area contributed by atoms with Gasteiger partial charge in [-0.1, -0.05) is 0 Å². The van der Waals surface area contributed by atoms with Crippen LogP contribution in [0.3, 0.4) is 0 Å². The van der Waals surface area contributed by atoms with Crippen LogP contribution in [0.15, 0.2) is 21.9 Å². The molecule has 90 valence electrons. The number of aryl methyl sites for hydroxylation is 3. The van der Waals surface area contributed by atoms with Crippen molar-refractivity contribution in [2.24, 2.45) is 0 Å². The molecular weight excluding hydrogens is 236 g/mol. The SMILES string of the molecule is Cc1csc(NC(=O)CCc2ccc(C)o2)n1. The fraction of sp³-hybridized carbons (Fsp3) is 0.333. The normalized spacial score (nSPS) is 10.5. The van der Waals surface area contributed by atoms with Crippen LogP contribution in [-0.4, -0.2) is 10.9 Å². The molecule has 0 aliphatic rings. The van der Waals surface area contributed by atoms with Gasteiger partial charge in [-0.25, -0.2) is 4.98 Å². The molecule has 0 aliphatic heterocycles. The molecule has 0 saturated carbocycles. The standard InChI is InChI=1S/C12H14N2O2S/c1-8-7-17-12(13-8)14-11(15)6-5-10-4-3-9(2)16-10/h3-4,7H,5-6H2,1-2H3,(H,13,14,15). The summed E-state index contributed by atoms with van der Waals surface area (Å²) < 4.78 is 5.40. The van der Waals surface area contributed by atoms with Gasteiger partial charge in [0.25, 0.3) is 0 Å². The van der Waals surface area contributed by atoms with Gasteiger partial charge < -0.3 is 9.73 Å². The quantitative estimate of drug-likeness (QED) is 0.907. The van der Waals surface area contributed by atoms with Crippen LogP contribution in [0, 0.1) is 13.8 Å². The molecule has 0 radical (unpaired) electrons. The van der Waals surface area contributed by atoms with Crippen molar-refractivity contribution < 1.29 is 9.21 Å². The Morgan fingerprint density at radius 3 is 2.88 bits per heavy atom. The van der Waals surface area contributed by atoms with Gasteiger partial charge in [0.2, 0.25) is 5.91 Å². The number of nitrogens with one attached hydrogen (secondary N) is 1.